The highest BCUT2D eigenvalue weighted by molar-refractivity contribution is 7.92. The predicted molar refractivity (Wildman–Crippen MR) is 112 cm³/mol. The normalized spacial score (nSPS) is 11.6. The van der Waals surface area contributed by atoms with E-state index >= 15 is 0 Å². The molecule has 3 heterocycles. The maximum absolute atomic E-state index is 12.9. The number of hydrogen-bond donors (Lipinski definition) is 2. The number of aromatic amines is 1. The molecule has 0 radical (unpaired) electrons. The number of hydrogen-bond acceptors (Lipinski definition) is 9. The van der Waals surface area contributed by atoms with Crippen LogP contribution < -0.4 is 10.5 Å². The number of nitrogens with one attached hydrogen (secondary N) is 2. The number of benzene rings is 2. The van der Waals surface area contributed by atoms with Crippen LogP contribution in [0.3, 0.4) is 0 Å². The van der Waals surface area contributed by atoms with Crippen molar-refractivity contribution in [1.82, 2.24) is 25.1 Å². The zero-order chi connectivity index (χ0) is 22.1. The summed E-state index contributed by atoms with van der Waals surface area (Å²) in [5, 5.41) is 3.90. The molecule has 0 aliphatic heterocycles. The Morgan fingerprint density at radius 1 is 1.09 bits per heavy atom. The van der Waals surface area contributed by atoms with Crippen molar-refractivity contribution in [2.45, 2.75) is 11.3 Å². The minimum atomic E-state index is -3.95. The molecule has 0 bridgehead atoms. The molecule has 2 N–H and O–H groups in total. The van der Waals surface area contributed by atoms with Gasteiger partial charge in [0.15, 0.2) is 5.58 Å². The third-order valence-corrected chi connectivity index (χ3v) is 5.93. The Kier molecular flexibility index (Phi) is 4.75. The highest BCUT2D eigenvalue weighted by atomic mass is 32.2. The lowest BCUT2D eigenvalue weighted by Gasteiger charge is -2.11. The van der Waals surface area contributed by atoms with Gasteiger partial charge in [-0.25, -0.2) is 18.2 Å². The van der Waals surface area contributed by atoms with E-state index in [2.05, 4.69) is 29.8 Å². The molecular formula is C20H14N6O5S. The van der Waals surface area contributed by atoms with E-state index in [9.17, 15) is 13.2 Å². The van der Waals surface area contributed by atoms with Gasteiger partial charge in [0.05, 0.1) is 28.7 Å². The minimum Gasteiger partial charge on any atom is -0.408 e. The van der Waals surface area contributed by atoms with Crippen LogP contribution in [0.15, 0.2) is 79.7 Å². The van der Waals surface area contributed by atoms with Crippen LogP contribution in [0.5, 0.6) is 0 Å². The molecule has 2 aromatic carbocycles. The number of H-pyrrole nitrogens is 1. The summed E-state index contributed by atoms with van der Waals surface area (Å²) >= 11 is 0. The van der Waals surface area contributed by atoms with Crippen molar-refractivity contribution < 1.29 is 17.4 Å². The summed E-state index contributed by atoms with van der Waals surface area (Å²) in [5.74, 6) is -0.0866. The second-order valence-corrected chi connectivity index (χ2v) is 8.40. The molecule has 0 aliphatic rings. The zero-order valence-electron chi connectivity index (χ0n) is 16.2. The number of fused-ring (bicyclic) bond motifs is 1. The summed E-state index contributed by atoms with van der Waals surface area (Å²) < 4.78 is 38.7. The molecule has 160 valence electrons. The van der Waals surface area contributed by atoms with Gasteiger partial charge in [0.25, 0.3) is 10.0 Å². The summed E-state index contributed by atoms with van der Waals surface area (Å²) in [4.78, 5) is 26.2. The van der Waals surface area contributed by atoms with E-state index < -0.39 is 15.8 Å². The highest BCUT2D eigenvalue weighted by Crippen LogP contribution is 2.24. The third-order valence-electron chi connectivity index (χ3n) is 4.56. The van der Waals surface area contributed by atoms with Gasteiger partial charge < -0.3 is 8.94 Å². The lowest BCUT2D eigenvalue weighted by molar-refractivity contribution is 0.385. The van der Waals surface area contributed by atoms with E-state index in [1.54, 1.807) is 24.3 Å². The fourth-order valence-electron chi connectivity index (χ4n) is 3.08. The van der Waals surface area contributed by atoms with Crippen molar-refractivity contribution in [3.63, 3.8) is 0 Å². The van der Waals surface area contributed by atoms with Crippen molar-refractivity contribution >= 4 is 26.8 Å². The first-order chi connectivity index (χ1) is 15.5. The van der Waals surface area contributed by atoms with E-state index in [0.717, 1.165) is 0 Å². The van der Waals surface area contributed by atoms with E-state index in [0.29, 0.717) is 16.9 Å². The summed E-state index contributed by atoms with van der Waals surface area (Å²) in [6, 6.07) is 11.0. The first-order valence-electron chi connectivity index (χ1n) is 9.30. The molecule has 11 nitrogen and oxygen atoms in total. The second kappa shape index (κ2) is 7.74. The van der Waals surface area contributed by atoms with Crippen LogP contribution in [0.25, 0.3) is 22.6 Å². The number of para-hydroxylation sites is 1. The SMILES string of the molecule is O=c1[nH]c2cc(S(=O)(=O)Nc3ccccc3Cc3nc(-c4cnccn4)no3)ccc2o1. The van der Waals surface area contributed by atoms with Crippen LogP contribution in [-0.2, 0) is 16.4 Å². The van der Waals surface area contributed by atoms with Gasteiger partial charge >= 0.3 is 5.76 Å². The Labute approximate surface area is 180 Å². The van der Waals surface area contributed by atoms with Crippen molar-refractivity contribution in [2.24, 2.45) is 0 Å². The van der Waals surface area contributed by atoms with Gasteiger partial charge in [-0.15, -0.1) is 0 Å². The van der Waals surface area contributed by atoms with Crippen molar-refractivity contribution in [3.05, 3.63) is 83.1 Å². The molecule has 0 spiro atoms. The lowest BCUT2D eigenvalue weighted by atomic mass is 10.1. The molecule has 32 heavy (non-hydrogen) atoms. The minimum absolute atomic E-state index is 0.0282. The molecule has 5 aromatic rings. The lowest BCUT2D eigenvalue weighted by Crippen LogP contribution is -2.14. The third kappa shape index (κ3) is 3.86. The van der Waals surface area contributed by atoms with Crippen LogP contribution in [0, 0.1) is 0 Å². The Morgan fingerprint density at radius 2 is 1.97 bits per heavy atom. The van der Waals surface area contributed by atoms with E-state index in [1.165, 1.54) is 36.8 Å². The largest absolute Gasteiger partial charge is 0.417 e. The number of sulfonamides is 1. The number of aromatic nitrogens is 5. The Morgan fingerprint density at radius 3 is 2.81 bits per heavy atom. The number of oxazole rings is 1. The van der Waals surface area contributed by atoms with Gasteiger partial charge in [-0.05, 0) is 29.8 Å². The topological polar surface area (TPSA) is 157 Å². The molecule has 3 aromatic heterocycles. The molecule has 0 unspecified atom stereocenters. The van der Waals surface area contributed by atoms with Crippen LogP contribution in [0.4, 0.5) is 5.69 Å². The quantitative estimate of drug-likeness (QED) is 0.396. The number of rotatable bonds is 6. The van der Waals surface area contributed by atoms with Gasteiger partial charge in [-0.1, -0.05) is 23.4 Å². The highest BCUT2D eigenvalue weighted by Gasteiger charge is 2.19. The molecule has 0 saturated heterocycles. The molecule has 0 amide bonds. The van der Waals surface area contributed by atoms with Crippen molar-refractivity contribution in [3.8, 4) is 11.5 Å². The maximum Gasteiger partial charge on any atom is 0.417 e. The van der Waals surface area contributed by atoms with Gasteiger partial charge in [0.1, 0.15) is 5.69 Å². The number of anilines is 1. The fraction of sp³-hybridized carbons (Fsp3) is 0.0500. The first kappa shape index (κ1) is 19.6. The smallest absolute Gasteiger partial charge is 0.408 e. The molecule has 0 atom stereocenters. The molecule has 12 heteroatoms. The summed E-state index contributed by atoms with van der Waals surface area (Å²) in [6.45, 7) is 0. The van der Waals surface area contributed by atoms with Crippen LogP contribution in [-0.4, -0.2) is 33.5 Å². The average molecular weight is 450 g/mol. The molecular weight excluding hydrogens is 436 g/mol. The standard InChI is InChI=1S/C20H14N6O5S/c27-20-23-15-10-13(5-6-17(15)30-20)32(28,29)26-14-4-2-1-3-12(14)9-18-24-19(25-31-18)16-11-21-7-8-22-16/h1-8,10-11,26H,9H2,(H,23,27). The van der Waals surface area contributed by atoms with Crippen LogP contribution >= 0.6 is 0 Å². The Bertz CT molecular complexity index is 1570. The van der Waals surface area contributed by atoms with Gasteiger partial charge in [-0.2, -0.15) is 4.98 Å². The molecule has 0 fully saturated rings. The first-order valence-corrected chi connectivity index (χ1v) is 10.8. The molecule has 0 aliphatic carbocycles. The monoisotopic (exact) mass is 450 g/mol. The Hall–Kier alpha value is -4.32. The summed E-state index contributed by atoms with van der Waals surface area (Å²) in [6.07, 6.45) is 4.77. The van der Waals surface area contributed by atoms with Crippen LogP contribution in [0.1, 0.15) is 11.5 Å². The van der Waals surface area contributed by atoms with E-state index in [-0.39, 0.29) is 34.1 Å². The summed E-state index contributed by atoms with van der Waals surface area (Å²) in [5.41, 5.74) is 2.00. The second-order valence-electron chi connectivity index (χ2n) is 6.71. The van der Waals surface area contributed by atoms with Gasteiger partial charge in [0, 0.05) is 12.4 Å². The Balaban J connectivity index is 1.42. The van der Waals surface area contributed by atoms with E-state index in [4.69, 9.17) is 8.94 Å². The average Bonchev–Trinajstić information content (AvgIpc) is 3.40. The van der Waals surface area contributed by atoms with Crippen molar-refractivity contribution in [1.29, 1.82) is 0 Å². The van der Waals surface area contributed by atoms with Gasteiger partial charge in [0.2, 0.25) is 11.7 Å². The fourth-order valence-corrected chi connectivity index (χ4v) is 4.21. The number of nitrogens with zero attached hydrogens (tertiary/aromatic N) is 4. The predicted octanol–water partition coefficient (Wildman–Crippen LogP) is 2.35. The molecule has 0 saturated carbocycles. The van der Waals surface area contributed by atoms with Crippen molar-refractivity contribution in [2.75, 3.05) is 4.72 Å². The maximum atomic E-state index is 12.9. The van der Waals surface area contributed by atoms with Crippen LogP contribution in [0.2, 0.25) is 0 Å². The summed E-state index contributed by atoms with van der Waals surface area (Å²) in [7, 11) is -3.95. The van der Waals surface area contributed by atoms with E-state index in [1.807, 2.05) is 0 Å². The zero-order valence-corrected chi connectivity index (χ0v) is 17.0. The van der Waals surface area contributed by atoms with Gasteiger partial charge in [-0.3, -0.25) is 14.7 Å². The molecule has 5 rings (SSSR count).